The molecule has 2 atom stereocenters. The number of nitrogens with one attached hydrogen (secondary N) is 1. The summed E-state index contributed by atoms with van der Waals surface area (Å²) in [5, 5.41) is 11.3. The van der Waals surface area contributed by atoms with Crippen LogP contribution in [0.5, 0.6) is 0 Å². The molecule has 0 heterocycles. The number of hydrogen-bond acceptors (Lipinski definition) is 2. The Morgan fingerprint density at radius 3 is 2.50 bits per heavy atom. The fraction of sp³-hybridized carbons (Fsp3) is 0.385. The monoisotopic (exact) mass is 253 g/mol. The van der Waals surface area contributed by atoms with Crippen LogP contribution < -0.4 is 5.32 Å². The summed E-state index contributed by atoms with van der Waals surface area (Å²) in [5.74, 6) is -2.96. The van der Waals surface area contributed by atoms with Gasteiger partial charge in [-0.15, -0.1) is 0 Å². The van der Waals surface area contributed by atoms with E-state index in [4.69, 9.17) is 5.11 Å². The van der Waals surface area contributed by atoms with Gasteiger partial charge in [-0.1, -0.05) is 11.6 Å². The van der Waals surface area contributed by atoms with Crippen LogP contribution in [-0.2, 0) is 4.79 Å². The topological polar surface area (TPSA) is 66.4 Å². The number of benzene rings is 1. The maximum atomic E-state index is 13.5. The van der Waals surface area contributed by atoms with Gasteiger partial charge in [0.2, 0.25) is 0 Å². The second kappa shape index (κ2) is 5.62. The first kappa shape index (κ1) is 14.2. The molecule has 5 heteroatoms. The van der Waals surface area contributed by atoms with Crippen LogP contribution in [0.2, 0.25) is 0 Å². The maximum Gasteiger partial charge on any atom is 0.308 e. The van der Waals surface area contributed by atoms with E-state index in [-0.39, 0.29) is 5.56 Å². The molecule has 0 saturated heterocycles. The number of hydrogen-bond donors (Lipinski definition) is 2. The molecule has 0 radical (unpaired) electrons. The molecule has 0 aromatic heterocycles. The minimum absolute atomic E-state index is 0.0700. The molecular formula is C13H16FNO3. The summed E-state index contributed by atoms with van der Waals surface area (Å²) in [6.07, 6.45) is 0. The van der Waals surface area contributed by atoms with Crippen molar-refractivity contribution >= 4 is 11.9 Å². The molecule has 98 valence electrons. The van der Waals surface area contributed by atoms with Gasteiger partial charge in [-0.3, -0.25) is 9.59 Å². The van der Waals surface area contributed by atoms with Gasteiger partial charge in [-0.2, -0.15) is 0 Å². The molecule has 0 aliphatic carbocycles. The van der Waals surface area contributed by atoms with Crippen LogP contribution in [0.1, 0.15) is 29.8 Å². The Morgan fingerprint density at radius 1 is 1.33 bits per heavy atom. The van der Waals surface area contributed by atoms with Crippen molar-refractivity contribution in [3.8, 4) is 0 Å². The third-order valence-electron chi connectivity index (χ3n) is 2.86. The van der Waals surface area contributed by atoms with Crippen molar-refractivity contribution in [3.63, 3.8) is 0 Å². The Bertz CT molecular complexity index is 473. The molecule has 4 nitrogen and oxygen atoms in total. The third kappa shape index (κ3) is 3.29. The Hall–Kier alpha value is -1.91. The zero-order valence-electron chi connectivity index (χ0n) is 10.5. The third-order valence-corrected chi connectivity index (χ3v) is 2.86. The molecule has 0 spiro atoms. The van der Waals surface area contributed by atoms with E-state index in [2.05, 4.69) is 5.32 Å². The lowest BCUT2D eigenvalue weighted by atomic mass is 10.0. The van der Waals surface area contributed by atoms with Crippen LogP contribution in [-0.4, -0.2) is 23.0 Å². The molecule has 0 bridgehead atoms. The van der Waals surface area contributed by atoms with Crippen LogP contribution in [0.4, 0.5) is 4.39 Å². The van der Waals surface area contributed by atoms with Crippen molar-refractivity contribution in [3.05, 3.63) is 35.1 Å². The van der Waals surface area contributed by atoms with Gasteiger partial charge in [0.15, 0.2) is 0 Å². The smallest absolute Gasteiger partial charge is 0.308 e. The number of carboxylic acids is 1. The fourth-order valence-corrected chi connectivity index (χ4v) is 1.44. The van der Waals surface area contributed by atoms with Crippen LogP contribution in [0, 0.1) is 18.7 Å². The highest BCUT2D eigenvalue weighted by atomic mass is 19.1. The Labute approximate surface area is 105 Å². The zero-order chi connectivity index (χ0) is 13.9. The summed E-state index contributed by atoms with van der Waals surface area (Å²) in [6.45, 7) is 4.81. The Morgan fingerprint density at radius 2 is 1.94 bits per heavy atom. The number of carbonyl (C=O) groups is 2. The van der Waals surface area contributed by atoms with Crippen molar-refractivity contribution in [1.29, 1.82) is 0 Å². The van der Waals surface area contributed by atoms with Gasteiger partial charge in [0.05, 0.1) is 11.5 Å². The average molecular weight is 253 g/mol. The largest absolute Gasteiger partial charge is 0.481 e. The SMILES string of the molecule is Cc1ccc(F)c(C(=O)NC(C)C(C)C(=O)O)c1. The van der Waals surface area contributed by atoms with Gasteiger partial charge >= 0.3 is 5.97 Å². The Kier molecular flexibility index (Phi) is 4.42. The summed E-state index contributed by atoms with van der Waals surface area (Å²) in [7, 11) is 0. The van der Waals surface area contributed by atoms with Crippen molar-refractivity contribution in [2.45, 2.75) is 26.8 Å². The van der Waals surface area contributed by atoms with Gasteiger partial charge in [-0.05, 0) is 32.9 Å². The van der Waals surface area contributed by atoms with Crippen molar-refractivity contribution < 1.29 is 19.1 Å². The molecule has 0 aliphatic rings. The highest BCUT2D eigenvalue weighted by molar-refractivity contribution is 5.95. The van der Waals surface area contributed by atoms with Crippen LogP contribution in [0.15, 0.2) is 18.2 Å². The number of carboxylic acid groups (broad SMARTS) is 1. The number of halogens is 1. The van der Waals surface area contributed by atoms with E-state index in [1.54, 1.807) is 19.9 Å². The van der Waals surface area contributed by atoms with Crippen LogP contribution in [0.3, 0.4) is 0 Å². The lowest BCUT2D eigenvalue weighted by Gasteiger charge is -2.18. The first-order chi connectivity index (χ1) is 8.32. The first-order valence-corrected chi connectivity index (χ1v) is 5.62. The van der Waals surface area contributed by atoms with Gasteiger partial charge < -0.3 is 10.4 Å². The summed E-state index contributed by atoms with van der Waals surface area (Å²) in [4.78, 5) is 22.6. The van der Waals surface area contributed by atoms with E-state index >= 15 is 0 Å². The molecule has 1 aromatic rings. The number of aliphatic carboxylic acids is 1. The minimum atomic E-state index is -1.01. The molecule has 2 unspecified atom stereocenters. The number of carbonyl (C=O) groups excluding carboxylic acids is 1. The van der Waals surface area contributed by atoms with Gasteiger partial charge in [0.1, 0.15) is 5.82 Å². The van der Waals surface area contributed by atoms with Crippen LogP contribution >= 0.6 is 0 Å². The first-order valence-electron chi connectivity index (χ1n) is 5.62. The predicted molar refractivity (Wildman–Crippen MR) is 64.9 cm³/mol. The van der Waals surface area contributed by atoms with Crippen LogP contribution in [0.25, 0.3) is 0 Å². The molecule has 1 rings (SSSR count). The highest BCUT2D eigenvalue weighted by Crippen LogP contribution is 2.11. The van der Waals surface area contributed by atoms with E-state index in [0.717, 1.165) is 5.56 Å². The quantitative estimate of drug-likeness (QED) is 0.862. The number of rotatable bonds is 4. The average Bonchev–Trinajstić information content (AvgIpc) is 2.30. The van der Waals surface area contributed by atoms with Gasteiger partial charge in [0, 0.05) is 6.04 Å². The van der Waals surface area contributed by atoms with Gasteiger partial charge in [0.25, 0.3) is 5.91 Å². The molecule has 18 heavy (non-hydrogen) atoms. The number of aryl methyl sites for hydroxylation is 1. The maximum absolute atomic E-state index is 13.5. The van der Waals surface area contributed by atoms with E-state index in [1.807, 2.05) is 0 Å². The molecular weight excluding hydrogens is 237 g/mol. The highest BCUT2D eigenvalue weighted by Gasteiger charge is 2.22. The molecule has 1 amide bonds. The number of amides is 1. The summed E-state index contributed by atoms with van der Waals surface area (Å²) >= 11 is 0. The van der Waals surface area contributed by atoms with Crippen molar-refractivity contribution in [1.82, 2.24) is 5.32 Å². The lowest BCUT2D eigenvalue weighted by Crippen LogP contribution is -2.40. The van der Waals surface area contributed by atoms with Gasteiger partial charge in [-0.25, -0.2) is 4.39 Å². The predicted octanol–water partition coefficient (Wildman–Crippen LogP) is 1.97. The second-order valence-electron chi connectivity index (χ2n) is 4.37. The van der Waals surface area contributed by atoms with E-state index in [1.165, 1.54) is 19.1 Å². The fourth-order valence-electron chi connectivity index (χ4n) is 1.44. The van der Waals surface area contributed by atoms with Crippen molar-refractivity contribution in [2.24, 2.45) is 5.92 Å². The molecule has 0 aliphatic heterocycles. The molecule has 0 saturated carbocycles. The summed E-state index contributed by atoms with van der Waals surface area (Å²) in [6, 6.07) is 3.64. The van der Waals surface area contributed by atoms with E-state index in [0.29, 0.717) is 0 Å². The zero-order valence-corrected chi connectivity index (χ0v) is 10.5. The second-order valence-corrected chi connectivity index (χ2v) is 4.37. The normalized spacial score (nSPS) is 13.8. The molecule has 1 aromatic carbocycles. The van der Waals surface area contributed by atoms with E-state index < -0.39 is 29.7 Å². The molecule has 2 N–H and O–H groups in total. The summed E-state index contributed by atoms with van der Waals surface area (Å²) < 4.78 is 13.5. The molecule has 0 fully saturated rings. The van der Waals surface area contributed by atoms with Crippen molar-refractivity contribution in [2.75, 3.05) is 0 Å². The van der Waals surface area contributed by atoms with E-state index in [9.17, 15) is 14.0 Å². The lowest BCUT2D eigenvalue weighted by molar-refractivity contribution is -0.141. The standard InChI is InChI=1S/C13H16FNO3/c1-7-4-5-11(14)10(6-7)12(16)15-9(3)8(2)13(17)18/h4-6,8-9H,1-3H3,(H,15,16)(H,17,18). The minimum Gasteiger partial charge on any atom is -0.481 e. The summed E-state index contributed by atoms with van der Waals surface area (Å²) in [5.41, 5.74) is 0.694. The Balaban J connectivity index is 2.82.